The van der Waals surface area contributed by atoms with Crippen LogP contribution in [0.3, 0.4) is 0 Å². The van der Waals surface area contributed by atoms with E-state index in [-0.39, 0.29) is 53.4 Å². The van der Waals surface area contributed by atoms with Gasteiger partial charge in [0.15, 0.2) is 12.6 Å². The molecule has 0 N–H and O–H groups in total. The minimum Gasteiger partial charge on any atom is -0.469 e. The molecule has 278 valence electrons. The van der Waals surface area contributed by atoms with E-state index in [1.165, 1.54) is 7.11 Å². The number of hydrogen-bond acceptors (Lipinski definition) is 9. The molecule has 4 rings (SSSR count). The van der Waals surface area contributed by atoms with Crippen LogP contribution in [0.2, 0.25) is 0 Å². The Morgan fingerprint density at radius 2 is 1.74 bits per heavy atom. The predicted molar refractivity (Wildman–Crippen MR) is 192 cm³/mol. The summed E-state index contributed by atoms with van der Waals surface area (Å²) < 4.78 is 63.4. The lowest BCUT2D eigenvalue weighted by atomic mass is 9.88. The van der Waals surface area contributed by atoms with Crippen LogP contribution >= 0.6 is 0 Å². The van der Waals surface area contributed by atoms with E-state index >= 15 is 0 Å². The number of allylic oxidation sites excluding steroid dienone is 2. The third-order valence-electron chi connectivity index (χ3n) is 9.88. The number of hydrogen-bond donors (Lipinski definition) is 0. The van der Waals surface area contributed by atoms with Gasteiger partial charge in [-0.25, -0.2) is 0 Å². The normalized spacial score (nSPS) is 27.2. The summed E-state index contributed by atoms with van der Waals surface area (Å²) in [5.41, 5.74) is 0.970. The summed E-state index contributed by atoms with van der Waals surface area (Å²) in [5.74, 6) is 5.76. The van der Waals surface area contributed by atoms with Gasteiger partial charge in [-0.3, -0.25) is 8.98 Å². The van der Waals surface area contributed by atoms with Gasteiger partial charge in [0.05, 0.1) is 30.3 Å². The summed E-state index contributed by atoms with van der Waals surface area (Å²) in [7, 11) is -2.65. The van der Waals surface area contributed by atoms with Crippen molar-refractivity contribution in [3.05, 3.63) is 54.1 Å². The number of aryl methyl sites for hydroxylation is 1. The zero-order valence-corrected chi connectivity index (χ0v) is 31.2. The van der Waals surface area contributed by atoms with Crippen LogP contribution in [0.1, 0.15) is 103 Å². The Kier molecular flexibility index (Phi) is 17.0. The van der Waals surface area contributed by atoms with Crippen molar-refractivity contribution in [1.82, 2.24) is 0 Å². The zero-order valence-electron chi connectivity index (χ0n) is 30.4. The molecule has 50 heavy (non-hydrogen) atoms. The zero-order chi connectivity index (χ0) is 35.8. The molecule has 0 bridgehead atoms. The molecule has 1 aromatic carbocycles. The topological polar surface area (TPSA) is 107 Å². The first-order valence-electron chi connectivity index (χ1n) is 18.5. The molecule has 1 aromatic rings. The molecule has 3 aliphatic rings. The molecule has 0 amide bonds. The van der Waals surface area contributed by atoms with Crippen LogP contribution in [0.25, 0.3) is 0 Å². The van der Waals surface area contributed by atoms with E-state index in [0.717, 1.165) is 56.9 Å². The van der Waals surface area contributed by atoms with E-state index in [0.29, 0.717) is 45.3 Å². The highest BCUT2D eigenvalue weighted by Gasteiger charge is 2.46. The van der Waals surface area contributed by atoms with Crippen molar-refractivity contribution in [3.63, 3.8) is 0 Å². The fourth-order valence-electron chi connectivity index (χ4n) is 6.88. The molecule has 2 aliphatic heterocycles. The second-order valence-corrected chi connectivity index (χ2v) is 15.3. The fraction of sp³-hybridized carbons (Fsp3) is 0.675. The third kappa shape index (κ3) is 12.9. The van der Waals surface area contributed by atoms with Crippen LogP contribution in [0, 0.1) is 36.5 Å². The molecule has 2 heterocycles. The summed E-state index contributed by atoms with van der Waals surface area (Å²) in [4.78, 5) is 11.7. The number of esters is 1. The monoisotopic (exact) mass is 714 g/mol. The van der Waals surface area contributed by atoms with Crippen molar-refractivity contribution in [3.8, 4) is 11.8 Å². The molecule has 1 saturated carbocycles. The Bertz CT molecular complexity index is 1380. The number of benzene rings is 1. The minimum atomic E-state index is -4.04. The molecule has 2 saturated heterocycles. The average Bonchev–Trinajstić information content (AvgIpc) is 3.42. The number of methoxy groups -OCH3 is 1. The van der Waals surface area contributed by atoms with E-state index in [1.54, 1.807) is 24.3 Å². The lowest BCUT2D eigenvalue weighted by Crippen LogP contribution is -2.32. The molecule has 0 radical (unpaired) electrons. The number of carbonyl (C=O) groups excluding carboxylic acids is 1. The molecule has 10 heteroatoms. The van der Waals surface area contributed by atoms with E-state index in [1.807, 2.05) is 13.8 Å². The van der Waals surface area contributed by atoms with Crippen molar-refractivity contribution in [2.45, 2.75) is 140 Å². The van der Waals surface area contributed by atoms with Crippen LogP contribution in [-0.4, -0.2) is 65.6 Å². The van der Waals surface area contributed by atoms with Crippen LogP contribution in [0.5, 0.6) is 0 Å². The second-order valence-electron chi connectivity index (χ2n) is 13.7. The smallest absolute Gasteiger partial charge is 0.305 e. The molecular formula is C40H58O9S. The van der Waals surface area contributed by atoms with Gasteiger partial charge < -0.3 is 23.7 Å². The Hall–Kier alpha value is -2.52. The van der Waals surface area contributed by atoms with Gasteiger partial charge >= 0.3 is 5.97 Å². The predicted octanol–water partition coefficient (Wildman–Crippen LogP) is 7.81. The standard InChI is InChI=1S/C40H58O9S/c1-5-6-9-16-31(3)35(47-39-19-12-14-27-45-39)26-25-34-33(17-10-7-8-11-18-38(41)44-4)37(29-36(34)48-40-20-13-15-28-46-40)49-50(42,43)32-23-21-30(2)22-24-32/h7,10,21-26,31,33-37,39-40H,8-9,11-20,27-29H2,1-4H3/t31?,33-,34-,35-,36-,37-,39?,40?/m1/s1. The largest absolute Gasteiger partial charge is 0.469 e. The summed E-state index contributed by atoms with van der Waals surface area (Å²) in [6, 6.07) is 6.74. The van der Waals surface area contributed by atoms with Gasteiger partial charge in [-0.2, -0.15) is 8.42 Å². The van der Waals surface area contributed by atoms with Gasteiger partial charge in [0, 0.05) is 38.4 Å². The van der Waals surface area contributed by atoms with Crippen molar-refractivity contribution in [2.24, 2.45) is 17.8 Å². The quantitative estimate of drug-likeness (QED) is 0.0495. The van der Waals surface area contributed by atoms with E-state index in [4.69, 9.17) is 27.9 Å². The molecule has 3 fully saturated rings. The molecule has 8 atom stereocenters. The highest BCUT2D eigenvalue weighted by Crippen LogP contribution is 2.42. The number of ether oxygens (including phenoxy) is 5. The maximum Gasteiger partial charge on any atom is 0.305 e. The van der Waals surface area contributed by atoms with Gasteiger partial charge in [0.1, 0.15) is 0 Å². The van der Waals surface area contributed by atoms with Crippen molar-refractivity contribution in [1.29, 1.82) is 0 Å². The number of rotatable bonds is 18. The van der Waals surface area contributed by atoms with Gasteiger partial charge in [-0.15, -0.1) is 11.8 Å². The molecule has 9 nitrogen and oxygen atoms in total. The minimum absolute atomic E-state index is 0.136. The maximum atomic E-state index is 13.6. The third-order valence-corrected chi connectivity index (χ3v) is 11.2. The Labute approximate surface area is 300 Å². The summed E-state index contributed by atoms with van der Waals surface area (Å²) in [6.45, 7) is 7.30. The van der Waals surface area contributed by atoms with Crippen molar-refractivity contribution in [2.75, 3.05) is 20.3 Å². The number of unbranched alkanes of at least 4 members (excludes halogenated alkanes) is 1. The molecular weight excluding hydrogens is 656 g/mol. The molecule has 1 aliphatic carbocycles. The number of carbonyl (C=O) groups is 1. The lowest BCUT2D eigenvalue weighted by Gasteiger charge is -2.31. The van der Waals surface area contributed by atoms with Crippen LogP contribution in [0.4, 0.5) is 0 Å². The van der Waals surface area contributed by atoms with Gasteiger partial charge in [0.25, 0.3) is 10.1 Å². The summed E-state index contributed by atoms with van der Waals surface area (Å²) in [6.07, 6.45) is 16.8. The molecule has 3 unspecified atom stereocenters. The van der Waals surface area contributed by atoms with Crippen LogP contribution < -0.4 is 0 Å². The summed E-state index contributed by atoms with van der Waals surface area (Å²) in [5, 5.41) is 0. The van der Waals surface area contributed by atoms with Crippen molar-refractivity contribution >= 4 is 16.1 Å². The highest BCUT2D eigenvalue weighted by atomic mass is 32.2. The van der Waals surface area contributed by atoms with E-state index in [2.05, 4.69) is 43.1 Å². The first-order valence-corrected chi connectivity index (χ1v) is 19.9. The lowest BCUT2D eigenvalue weighted by molar-refractivity contribution is -0.193. The van der Waals surface area contributed by atoms with E-state index < -0.39 is 16.2 Å². The second kappa shape index (κ2) is 21.1. The summed E-state index contributed by atoms with van der Waals surface area (Å²) >= 11 is 0. The van der Waals surface area contributed by atoms with Gasteiger partial charge in [-0.05, 0) is 102 Å². The molecule has 0 spiro atoms. The first-order chi connectivity index (χ1) is 24.2. The SMILES string of the molecule is CC#CCCC(C)[C@@H](C=C[C@@H]1[C@@H](CC=CCCCC(=O)OC)[C@H](OS(=O)(=O)c2ccc(C)cc2)C[C@H]1OC1CCCCO1)OC1CCCCO1. The molecule has 0 aromatic heterocycles. The highest BCUT2D eigenvalue weighted by molar-refractivity contribution is 7.86. The fourth-order valence-corrected chi connectivity index (χ4v) is 8.01. The van der Waals surface area contributed by atoms with Gasteiger partial charge in [0.2, 0.25) is 0 Å². The first kappa shape index (κ1) is 40.3. The Morgan fingerprint density at radius 3 is 2.40 bits per heavy atom. The Morgan fingerprint density at radius 1 is 1.02 bits per heavy atom. The van der Waals surface area contributed by atoms with Gasteiger partial charge in [-0.1, -0.05) is 48.9 Å². The average molecular weight is 715 g/mol. The Balaban J connectivity index is 1.63. The van der Waals surface area contributed by atoms with Crippen molar-refractivity contribution < 1.29 is 41.1 Å². The van der Waals surface area contributed by atoms with E-state index in [9.17, 15) is 13.2 Å². The maximum absolute atomic E-state index is 13.6. The van der Waals surface area contributed by atoms with Crippen LogP contribution in [-0.2, 0) is 42.8 Å². The van der Waals surface area contributed by atoms with Crippen LogP contribution in [0.15, 0.2) is 53.5 Å².